The largest absolute Gasteiger partial charge is 0.334 e. The van der Waals surface area contributed by atoms with Crippen molar-refractivity contribution in [2.24, 2.45) is 0 Å². The van der Waals surface area contributed by atoms with Gasteiger partial charge in [0, 0.05) is 10.9 Å². The van der Waals surface area contributed by atoms with Crippen LogP contribution in [0.25, 0.3) is 0 Å². The van der Waals surface area contributed by atoms with Gasteiger partial charge in [0.05, 0.1) is 23.7 Å². The zero-order chi connectivity index (χ0) is 14.8. The van der Waals surface area contributed by atoms with Crippen LogP contribution in [0.5, 0.6) is 0 Å². The van der Waals surface area contributed by atoms with E-state index in [0.717, 1.165) is 15.6 Å². The summed E-state index contributed by atoms with van der Waals surface area (Å²) in [4.78, 5) is 17.2. The number of aryl methyl sites for hydroxylation is 2. The van der Waals surface area contributed by atoms with Crippen molar-refractivity contribution in [3.63, 3.8) is 0 Å². The topological polar surface area (TPSA) is 88.2 Å². The Balaban J connectivity index is 1.81. The van der Waals surface area contributed by atoms with Crippen LogP contribution in [-0.2, 0) is 16.4 Å². The number of carbonyl (C=O) groups is 1. The lowest BCUT2D eigenvalue weighted by atomic mass is 10.2. The Morgan fingerprint density at radius 3 is 2.80 bits per heavy atom. The lowest BCUT2D eigenvalue weighted by molar-refractivity contribution is 0.236. The first-order valence-corrected chi connectivity index (χ1v) is 9.17. The average Bonchev–Trinajstić information content (AvgIpc) is 2.65. The van der Waals surface area contributed by atoms with Crippen molar-refractivity contribution < 1.29 is 13.2 Å². The Morgan fingerprint density at radius 1 is 1.45 bits per heavy atom. The SMILES string of the molecule is Cc1nc(CNC(=O)N[C@@H]2CCCS(=O)(=O)C2)sc1C. The lowest BCUT2D eigenvalue weighted by Crippen LogP contribution is -2.47. The van der Waals surface area contributed by atoms with Gasteiger partial charge in [0.1, 0.15) is 5.01 Å². The summed E-state index contributed by atoms with van der Waals surface area (Å²) in [6.45, 7) is 4.29. The van der Waals surface area contributed by atoms with Crippen molar-refractivity contribution in [2.45, 2.75) is 39.3 Å². The molecule has 2 amide bonds. The average molecular weight is 317 g/mol. The second kappa shape index (κ2) is 6.09. The second-order valence-electron chi connectivity index (χ2n) is 5.03. The molecule has 0 unspecified atom stereocenters. The third kappa shape index (κ3) is 4.17. The first kappa shape index (κ1) is 15.2. The molecule has 112 valence electrons. The number of sulfone groups is 1. The van der Waals surface area contributed by atoms with Crippen LogP contribution in [0, 0.1) is 13.8 Å². The predicted octanol–water partition coefficient (Wildman–Crippen LogP) is 1.14. The van der Waals surface area contributed by atoms with E-state index in [1.54, 1.807) is 11.3 Å². The lowest BCUT2D eigenvalue weighted by Gasteiger charge is -2.22. The standard InChI is InChI=1S/C12H19N3O3S2/c1-8-9(2)19-11(14-8)6-13-12(16)15-10-4-3-5-20(17,18)7-10/h10H,3-7H2,1-2H3,(H2,13,15,16)/t10-/m1/s1. The van der Waals surface area contributed by atoms with Crippen LogP contribution in [-0.4, -0.2) is 37.0 Å². The maximum Gasteiger partial charge on any atom is 0.315 e. The van der Waals surface area contributed by atoms with Gasteiger partial charge in [-0.2, -0.15) is 0 Å². The second-order valence-corrected chi connectivity index (χ2v) is 8.55. The number of nitrogens with zero attached hydrogens (tertiary/aromatic N) is 1. The highest BCUT2D eigenvalue weighted by molar-refractivity contribution is 7.91. The highest BCUT2D eigenvalue weighted by atomic mass is 32.2. The van der Waals surface area contributed by atoms with Gasteiger partial charge in [-0.05, 0) is 26.7 Å². The molecule has 1 fully saturated rings. The van der Waals surface area contributed by atoms with E-state index < -0.39 is 9.84 Å². The van der Waals surface area contributed by atoms with E-state index in [1.165, 1.54) is 0 Å². The molecule has 2 heterocycles. The van der Waals surface area contributed by atoms with Crippen molar-refractivity contribution in [3.05, 3.63) is 15.6 Å². The Morgan fingerprint density at radius 2 is 2.20 bits per heavy atom. The van der Waals surface area contributed by atoms with Crippen molar-refractivity contribution in [1.29, 1.82) is 0 Å². The smallest absolute Gasteiger partial charge is 0.315 e. The molecule has 0 saturated carbocycles. The van der Waals surface area contributed by atoms with Crippen molar-refractivity contribution in [1.82, 2.24) is 15.6 Å². The van der Waals surface area contributed by atoms with Crippen molar-refractivity contribution >= 4 is 27.2 Å². The Kier molecular flexibility index (Phi) is 4.64. The molecule has 2 rings (SSSR count). The molecule has 0 radical (unpaired) electrons. The number of thiazole rings is 1. The molecule has 1 saturated heterocycles. The molecule has 6 nitrogen and oxygen atoms in total. The number of hydrogen-bond donors (Lipinski definition) is 2. The molecule has 1 aliphatic rings. The molecule has 2 N–H and O–H groups in total. The third-order valence-corrected chi connectivity index (χ3v) is 6.17. The minimum absolute atomic E-state index is 0.0376. The van der Waals surface area contributed by atoms with E-state index >= 15 is 0 Å². The number of amides is 2. The number of nitrogens with one attached hydrogen (secondary N) is 2. The third-order valence-electron chi connectivity index (χ3n) is 3.27. The van der Waals surface area contributed by atoms with Crippen LogP contribution >= 0.6 is 11.3 Å². The molecule has 1 aliphatic heterocycles. The molecule has 0 spiro atoms. The van der Waals surface area contributed by atoms with E-state index in [1.807, 2.05) is 13.8 Å². The molecule has 0 bridgehead atoms. The van der Waals surface area contributed by atoms with Gasteiger partial charge >= 0.3 is 6.03 Å². The summed E-state index contributed by atoms with van der Waals surface area (Å²) >= 11 is 1.55. The van der Waals surface area contributed by atoms with E-state index in [0.29, 0.717) is 19.4 Å². The minimum Gasteiger partial charge on any atom is -0.334 e. The van der Waals surface area contributed by atoms with Crippen LogP contribution in [0.1, 0.15) is 28.4 Å². The predicted molar refractivity (Wildman–Crippen MR) is 78.6 cm³/mol. The Labute approximate surface area is 122 Å². The molecule has 1 aromatic rings. The van der Waals surface area contributed by atoms with E-state index in [4.69, 9.17) is 0 Å². The fourth-order valence-electron chi connectivity index (χ4n) is 2.14. The van der Waals surface area contributed by atoms with Crippen LogP contribution in [0.2, 0.25) is 0 Å². The summed E-state index contributed by atoms with van der Waals surface area (Å²) in [6.07, 6.45) is 1.32. The normalized spacial score (nSPS) is 21.4. The van der Waals surface area contributed by atoms with Gasteiger partial charge in [-0.25, -0.2) is 18.2 Å². The summed E-state index contributed by atoms with van der Waals surface area (Å²) in [5.74, 6) is 0.264. The van der Waals surface area contributed by atoms with Crippen LogP contribution in [0.3, 0.4) is 0 Å². The van der Waals surface area contributed by atoms with Gasteiger partial charge in [0.25, 0.3) is 0 Å². The number of urea groups is 1. The van der Waals surface area contributed by atoms with Crippen molar-refractivity contribution in [2.75, 3.05) is 11.5 Å². The van der Waals surface area contributed by atoms with Crippen molar-refractivity contribution in [3.8, 4) is 0 Å². The zero-order valence-corrected chi connectivity index (χ0v) is 13.2. The molecule has 1 atom stereocenters. The number of hydrogen-bond acceptors (Lipinski definition) is 5. The molecule has 0 aliphatic carbocycles. The highest BCUT2D eigenvalue weighted by Crippen LogP contribution is 2.16. The molecule has 0 aromatic carbocycles. The van der Waals surface area contributed by atoms with E-state index in [-0.39, 0.29) is 23.6 Å². The summed E-state index contributed by atoms with van der Waals surface area (Å²) in [5, 5.41) is 6.28. The van der Waals surface area contributed by atoms with Gasteiger partial charge < -0.3 is 10.6 Å². The molecular weight excluding hydrogens is 298 g/mol. The monoisotopic (exact) mass is 317 g/mol. The first-order valence-electron chi connectivity index (χ1n) is 6.53. The Bertz CT molecular complexity index is 576. The molecule has 8 heteroatoms. The number of carbonyl (C=O) groups excluding carboxylic acids is 1. The summed E-state index contributed by atoms with van der Waals surface area (Å²) < 4.78 is 23.0. The van der Waals surface area contributed by atoms with Gasteiger partial charge in [0.15, 0.2) is 9.84 Å². The van der Waals surface area contributed by atoms with Crippen LogP contribution in [0.4, 0.5) is 4.79 Å². The quantitative estimate of drug-likeness (QED) is 0.875. The summed E-state index contributed by atoms with van der Waals surface area (Å²) in [5.41, 5.74) is 0.977. The van der Waals surface area contributed by atoms with Gasteiger partial charge in [-0.3, -0.25) is 0 Å². The maximum absolute atomic E-state index is 11.7. The highest BCUT2D eigenvalue weighted by Gasteiger charge is 2.25. The van der Waals surface area contributed by atoms with Crippen LogP contribution in [0.15, 0.2) is 0 Å². The fourth-order valence-corrected chi connectivity index (χ4v) is 4.65. The van der Waals surface area contributed by atoms with Crippen LogP contribution < -0.4 is 10.6 Å². The first-order chi connectivity index (χ1) is 9.35. The Hall–Kier alpha value is -1.15. The maximum atomic E-state index is 11.7. The number of rotatable bonds is 3. The fraction of sp³-hybridized carbons (Fsp3) is 0.667. The summed E-state index contributed by atoms with van der Waals surface area (Å²) in [7, 11) is -3.00. The minimum atomic E-state index is -3.00. The van der Waals surface area contributed by atoms with Gasteiger partial charge in [0.2, 0.25) is 0 Å². The number of aromatic nitrogens is 1. The molecule has 1 aromatic heterocycles. The zero-order valence-electron chi connectivity index (χ0n) is 11.6. The van der Waals surface area contributed by atoms with Gasteiger partial charge in [-0.15, -0.1) is 11.3 Å². The van der Waals surface area contributed by atoms with E-state index in [2.05, 4.69) is 15.6 Å². The van der Waals surface area contributed by atoms with Gasteiger partial charge in [-0.1, -0.05) is 0 Å². The molecule has 20 heavy (non-hydrogen) atoms. The van der Waals surface area contributed by atoms with E-state index in [9.17, 15) is 13.2 Å². The summed E-state index contributed by atoms with van der Waals surface area (Å²) in [6, 6.07) is -0.619. The molecular formula is C12H19N3O3S2.